The monoisotopic (exact) mass is 252 g/mol. The minimum Gasteiger partial charge on any atom is -0.312 e. The second kappa shape index (κ2) is 6.38. The summed E-state index contributed by atoms with van der Waals surface area (Å²) in [5, 5.41) is 3.88. The highest BCUT2D eigenvalue weighted by Gasteiger charge is 2.37. The van der Waals surface area contributed by atoms with E-state index in [1.54, 1.807) is 0 Å². The zero-order valence-corrected chi connectivity index (χ0v) is 12.7. The minimum absolute atomic E-state index is 0.473. The summed E-state index contributed by atoms with van der Waals surface area (Å²) < 4.78 is 0. The Morgan fingerprint density at radius 2 is 2.00 bits per heavy atom. The standard InChI is InChI=1S/C16H32N2/c1-4-5-6-10-16(2,3)13-17-14-9-12-18-11-7-8-15(14)18/h14-15,17H,4-13H2,1-3H3. The summed E-state index contributed by atoms with van der Waals surface area (Å²) in [6.45, 7) is 11.0. The third-order valence-corrected chi connectivity index (χ3v) is 4.91. The summed E-state index contributed by atoms with van der Waals surface area (Å²) in [6.07, 6.45) is 9.71. The molecule has 0 spiro atoms. The number of nitrogens with zero attached hydrogens (tertiary/aromatic N) is 1. The van der Waals surface area contributed by atoms with Crippen molar-refractivity contribution in [1.82, 2.24) is 10.2 Å². The molecule has 2 nitrogen and oxygen atoms in total. The van der Waals surface area contributed by atoms with Gasteiger partial charge in [0.2, 0.25) is 0 Å². The van der Waals surface area contributed by atoms with Gasteiger partial charge >= 0.3 is 0 Å². The van der Waals surface area contributed by atoms with E-state index in [0.29, 0.717) is 5.41 Å². The van der Waals surface area contributed by atoms with Crippen molar-refractivity contribution in [1.29, 1.82) is 0 Å². The van der Waals surface area contributed by atoms with Crippen LogP contribution in [-0.2, 0) is 0 Å². The summed E-state index contributed by atoms with van der Waals surface area (Å²) in [4.78, 5) is 2.70. The van der Waals surface area contributed by atoms with Crippen molar-refractivity contribution < 1.29 is 0 Å². The lowest BCUT2D eigenvalue weighted by Gasteiger charge is -2.29. The van der Waals surface area contributed by atoms with E-state index >= 15 is 0 Å². The fraction of sp³-hybridized carbons (Fsp3) is 1.00. The van der Waals surface area contributed by atoms with Gasteiger partial charge in [-0.25, -0.2) is 0 Å². The van der Waals surface area contributed by atoms with Gasteiger partial charge in [-0.3, -0.25) is 4.90 Å². The van der Waals surface area contributed by atoms with E-state index in [9.17, 15) is 0 Å². The average molecular weight is 252 g/mol. The maximum atomic E-state index is 3.88. The summed E-state index contributed by atoms with van der Waals surface area (Å²) in [5.74, 6) is 0. The van der Waals surface area contributed by atoms with Crippen LogP contribution in [0.1, 0.15) is 65.7 Å². The molecule has 2 aliphatic heterocycles. The summed E-state index contributed by atoms with van der Waals surface area (Å²) in [6, 6.07) is 1.63. The molecule has 2 heteroatoms. The van der Waals surface area contributed by atoms with Gasteiger partial charge < -0.3 is 5.32 Å². The van der Waals surface area contributed by atoms with Crippen LogP contribution < -0.4 is 5.32 Å². The third-order valence-electron chi connectivity index (χ3n) is 4.91. The first-order chi connectivity index (χ1) is 8.62. The molecule has 0 radical (unpaired) electrons. The second-order valence-corrected chi connectivity index (χ2v) is 7.14. The predicted molar refractivity (Wildman–Crippen MR) is 78.9 cm³/mol. The van der Waals surface area contributed by atoms with Crippen molar-refractivity contribution in [2.24, 2.45) is 5.41 Å². The van der Waals surface area contributed by atoms with Crippen LogP contribution in [0.15, 0.2) is 0 Å². The molecule has 0 bridgehead atoms. The average Bonchev–Trinajstić information content (AvgIpc) is 2.89. The molecule has 0 amide bonds. The number of unbranched alkanes of at least 4 members (excludes halogenated alkanes) is 2. The van der Waals surface area contributed by atoms with E-state index in [-0.39, 0.29) is 0 Å². The molecular weight excluding hydrogens is 220 g/mol. The van der Waals surface area contributed by atoms with Gasteiger partial charge in [0.05, 0.1) is 0 Å². The highest BCUT2D eigenvalue weighted by molar-refractivity contribution is 4.96. The molecule has 106 valence electrons. The molecule has 2 saturated heterocycles. The molecule has 2 aliphatic rings. The van der Waals surface area contributed by atoms with E-state index in [2.05, 4.69) is 31.0 Å². The van der Waals surface area contributed by atoms with Crippen molar-refractivity contribution in [3.63, 3.8) is 0 Å². The van der Waals surface area contributed by atoms with Gasteiger partial charge in [0, 0.05) is 25.2 Å². The van der Waals surface area contributed by atoms with Crippen molar-refractivity contribution in [2.45, 2.75) is 77.8 Å². The first-order valence-corrected chi connectivity index (χ1v) is 8.10. The van der Waals surface area contributed by atoms with E-state index in [0.717, 1.165) is 12.1 Å². The van der Waals surface area contributed by atoms with E-state index in [1.165, 1.54) is 64.6 Å². The quantitative estimate of drug-likeness (QED) is 0.698. The molecule has 0 aliphatic carbocycles. The molecule has 2 fully saturated rings. The van der Waals surface area contributed by atoms with Crippen molar-refractivity contribution >= 4 is 0 Å². The normalized spacial score (nSPS) is 28.8. The summed E-state index contributed by atoms with van der Waals surface area (Å²) in [7, 11) is 0. The topological polar surface area (TPSA) is 15.3 Å². The van der Waals surface area contributed by atoms with Gasteiger partial charge in [-0.1, -0.05) is 40.0 Å². The van der Waals surface area contributed by atoms with Crippen LogP contribution in [0.3, 0.4) is 0 Å². The molecule has 0 aromatic rings. The molecule has 18 heavy (non-hydrogen) atoms. The summed E-state index contributed by atoms with van der Waals surface area (Å²) >= 11 is 0. The highest BCUT2D eigenvalue weighted by Crippen LogP contribution is 2.29. The SMILES string of the molecule is CCCCCC(C)(C)CNC1CCN2CCCC12. The largest absolute Gasteiger partial charge is 0.312 e. The molecule has 1 N–H and O–H groups in total. The Hall–Kier alpha value is -0.0800. The Bertz CT molecular complexity index is 249. The molecule has 0 aromatic carbocycles. The molecule has 2 rings (SSSR count). The molecule has 2 unspecified atom stereocenters. The Labute approximate surface area is 114 Å². The van der Waals surface area contributed by atoms with Crippen LogP contribution in [0.25, 0.3) is 0 Å². The Morgan fingerprint density at radius 1 is 1.17 bits per heavy atom. The molecular formula is C16H32N2. The predicted octanol–water partition coefficient (Wildman–Crippen LogP) is 3.42. The second-order valence-electron chi connectivity index (χ2n) is 7.14. The van der Waals surface area contributed by atoms with Crippen LogP contribution >= 0.6 is 0 Å². The van der Waals surface area contributed by atoms with E-state index < -0.39 is 0 Å². The Balaban J connectivity index is 1.70. The van der Waals surface area contributed by atoms with Gasteiger partial charge in [-0.05, 0) is 37.6 Å². The Kier molecular flexibility index (Phi) is 5.08. The summed E-state index contributed by atoms with van der Waals surface area (Å²) in [5.41, 5.74) is 0.473. The fourth-order valence-corrected chi connectivity index (χ4v) is 3.67. The van der Waals surface area contributed by atoms with Crippen LogP contribution in [0.5, 0.6) is 0 Å². The van der Waals surface area contributed by atoms with Gasteiger partial charge in [0.25, 0.3) is 0 Å². The lowest BCUT2D eigenvalue weighted by molar-refractivity contribution is 0.257. The van der Waals surface area contributed by atoms with E-state index in [1.807, 2.05) is 0 Å². The van der Waals surface area contributed by atoms with Crippen molar-refractivity contribution in [2.75, 3.05) is 19.6 Å². The van der Waals surface area contributed by atoms with Gasteiger partial charge in [0.15, 0.2) is 0 Å². The number of hydrogen-bond acceptors (Lipinski definition) is 2. The fourth-order valence-electron chi connectivity index (χ4n) is 3.67. The first-order valence-electron chi connectivity index (χ1n) is 8.10. The first kappa shape index (κ1) is 14.3. The number of nitrogens with one attached hydrogen (secondary N) is 1. The molecule has 0 saturated carbocycles. The van der Waals surface area contributed by atoms with Gasteiger partial charge in [0.1, 0.15) is 0 Å². The van der Waals surface area contributed by atoms with Crippen molar-refractivity contribution in [3.05, 3.63) is 0 Å². The van der Waals surface area contributed by atoms with Gasteiger partial charge in [-0.15, -0.1) is 0 Å². The zero-order chi connectivity index (χ0) is 13.0. The lowest BCUT2D eigenvalue weighted by atomic mass is 9.86. The smallest absolute Gasteiger partial charge is 0.0250 e. The molecule has 0 aromatic heterocycles. The number of rotatable bonds is 7. The minimum atomic E-state index is 0.473. The molecule has 2 atom stereocenters. The highest BCUT2D eigenvalue weighted by atomic mass is 15.2. The number of fused-ring (bicyclic) bond motifs is 1. The van der Waals surface area contributed by atoms with Gasteiger partial charge in [-0.2, -0.15) is 0 Å². The third kappa shape index (κ3) is 3.71. The Morgan fingerprint density at radius 3 is 2.78 bits per heavy atom. The van der Waals surface area contributed by atoms with Crippen LogP contribution in [0.2, 0.25) is 0 Å². The maximum Gasteiger partial charge on any atom is 0.0250 e. The van der Waals surface area contributed by atoms with Crippen LogP contribution in [0, 0.1) is 5.41 Å². The molecule has 2 heterocycles. The number of hydrogen-bond donors (Lipinski definition) is 1. The van der Waals surface area contributed by atoms with Crippen LogP contribution in [-0.4, -0.2) is 36.6 Å². The zero-order valence-electron chi connectivity index (χ0n) is 12.7. The van der Waals surface area contributed by atoms with Crippen LogP contribution in [0.4, 0.5) is 0 Å². The maximum absolute atomic E-state index is 3.88. The van der Waals surface area contributed by atoms with E-state index in [4.69, 9.17) is 0 Å². The van der Waals surface area contributed by atoms with Crippen molar-refractivity contribution in [3.8, 4) is 0 Å². The lowest BCUT2D eigenvalue weighted by Crippen LogP contribution is -2.43.